The largest absolute Gasteiger partial charge is 0.326 e. The molecule has 0 aliphatic carbocycles. The number of amides is 2. The zero-order valence-corrected chi connectivity index (χ0v) is 10.5. The topological polar surface area (TPSA) is 73.2 Å². The molecular weight excluding hydrogens is 242 g/mol. The first-order chi connectivity index (χ1) is 9.08. The number of carbonyl (C=O) groups excluding carboxylic acids is 2. The minimum atomic E-state index is -0.311. The average Bonchev–Trinajstić information content (AvgIpc) is 2.38. The second-order valence-corrected chi connectivity index (χ2v) is 3.78. The Balaban J connectivity index is 2.85. The van der Waals surface area contributed by atoms with Crippen molar-refractivity contribution in [3.8, 4) is 18.4 Å². The quantitative estimate of drug-likeness (QED) is 0.650. The van der Waals surface area contributed by atoms with Gasteiger partial charge in [0.25, 0.3) is 5.91 Å². The fourth-order valence-electron chi connectivity index (χ4n) is 1.48. The average molecular weight is 255 g/mol. The van der Waals surface area contributed by atoms with Crippen molar-refractivity contribution in [2.45, 2.75) is 6.92 Å². The highest BCUT2D eigenvalue weighted by Crippen LogP contribution is 2.11. The van der Waals surface area contributed by atoms with E-state index in [0.29, 0.717) is 11.3 Å². The molecule has 0 aliphatic heterocycles. The Hall–Kier alpha value is -2.79. The third-order valence-electron chi connectivity index (χ3n) is 2.28. The zero-order valence-electron chi connectivity index (χ0n) is 10.5. The standard InChI is InChI=1S/C14H13N3O2/c1-3-9-17(10-8-15)14(19)12-4-6-13(7-5-12)16-11(2)18/h1,4-7H,9-10H2,2H3,(H,16,18). The van der Waals surface area contributed by atoms with Gasteiger partial charge in [-0.05, 0) is 24.3 Å². The van der Waals surface area contributed by atoms with Gasteiger partial charge in [0.15, 0.2) is 0 Å². The first-order valence-electron chi connectivity index (χ1n) is 5.56. The first kappa shape index (κ1) is 14.3. The van der Waals surface area contributed by atoms with Gasteiger partial charge in [-0.25, -0.2) is 0 Å². The third kappa shape index (κ3) is 4.18. The van der Waals surface area contributed by atoms with Crippen LogP contribution in [0.15, 0.2) is 24.3 Å². The normalized spacial score (nSPS) is 9.00. The summed E-state index contributed by atoms with van der Waals surface area (Å²) in [5, 5.41) is 11.2. The number of carbonyl (C=O) groups is 2. The van der Waals surface area contributed by atoms with Crippen molar-refractivity contribution in [3.05, 3.63) is 29.8 Å². The maximum absolute atomic E-state index is 12.1. The molecule has 0 bridgehead atoms. The molecule has 19 heavy (non-hydrogen) atoms. The van der Waals surface area contributed by atoms with Crippen LogP contribution in [0.4, 0.5) is 5.69 Å². The molecule has 5 nitrogen and oxygen atoms in total. The monoisotopic (exact) mass is 255 g/mol. The molecule has 1 aromatic rings. The third-order valence-corrected chi connectivity index (χ3v) is 2.28. The van der Waals surface area contributed by atoms with Crippen LogP contribution >= 0.6 is 0 Å². The SMILES string of the molecule is C#CCN(CC#N)C(=O)c1ccc(NC(C)=O)cc1. The molecule has 0 saturated carbocycles. The lowest BCUT2D eigenvalue weighted by Crippen LogP contribution is -2.31. The lowest BCUT2D eigenvalue weighted by atomic mass is 10.1. The summed E-state index contributed by atoms with van der Waals surface area (Å²) >= 11 is 0. The Kier molecular flexibility index (Phi) is 5.13. The molecule has 0 aliphatic rings. The molecule has 0 fully saturated rings. The van der Waals surface area contributed by atoms with Gasteiger partial charge in [-0.3, -0.25) is 9.59 Å². The molecule has 1 N–H and O–H groups in total. The number of nitrogens with zero attached hydrogens (tertiary/aromatic N) is 2. The molecule has 0 atom stereocenters. The molecular formula is C14H13N3O2. The lowest BCUT2D eigenvalue weighted by molar-refractivity contribution is -0.114. The van der Waals surface area contributed by atoms with Crippen LogP contribution < -0.4 is 5.32 Å². The zero-order chi connectivity index (χ0) is 14.3. The van der Waals surface area contributed by atoms with E-state index in [0.717, 1.165) is 0 Å². The van der Waals surface area contributed by atoms with Gasteiger partial charge < -0.3 is 10.2 Å². The summed E-state index contributed by atoms with van der Waals surface area (Å²) in [4.78, 5) is 24.2. The summed E-state index contributed by atoms with van der Waals surface area (Å²) in [7, 11) is 0. The molecule has 0 spiro atoms. The van der Waals surface area contributed by atoms with E-state index in [9.17, 15) is 9.59 Å². The van der Waals surface area contributed by atoms with Crippen LogP contribution in [-0.2, 0) is 4.79 Å². The van der Waals surface area contributed by atoms with Crippen LogP contribution in [0, 0.1) is 23.7 Å². The van der Waals surface area contributed by atoms with Crippen molar-refractivity contribution in [2.75, 3.05) is 18.4 Å². The van der Waals surface area contributed by atoms with Crippen LogP contribution in [0.3, 0.4) is 0 Å². The van der Waals surface area contributed by atoms with Gasteiger partial charge in [-0.15, -0.1) is 6.42 Å². The van der Waals surface area contributed by atoms with E-state index in [2.05, 4.69) is 11.2 Å². The van der Waals surface area contributed by atoms with Crippen LogP contribution in [0.25, 0.3) is 0 Å². The Morgan fingerprint density at radius 3 is 2.42 bits per heavy atom. The summed E-state index contributed by atoms with van der Waals surface area (Å²) in [5.41, 5.74) is 1.02. The molecule has 96 valence electrons. The molecule has 1 rings (SSSR count). The maximum atomic E-state index is 12.1. The van der Waals surface area contributed by atoms with Crippen molar-refractivity contribution in [1.29, 1.82) is 5.26 Å². The Morgan fingerprint density at radius 2 is 1.95 bits per heavy atom. The second-order valence-electron chi connectivity index (χ2n) is 3.78. The molecule has 5 heteroatoms. The minimum absolute atomic E-state index is 0.0590. The molecule has 1 aromatic carbocycles. The van der Waals surface area contributed by atoms with Crippen molar-refractivity contribution >= 4 is 17.5 Å². The highest BCUT2D eigenvalue weighted by molar-refractivity contribution is 5.95. The van der Waals surface area contributed by atoms with E-state index in [1.165, 1.54) is 11.8 Å². The van der Waals surface area contributed by atoms with E-state index in [-0.39, 0.29) is 24.9 Å². The van der Waals surface area contributed by atoms with Crippen molar-refractivity contribution < 1.29 is 9.59 Å². The number of hydrogen-bond acceptors (Lipinski definition) is 3. The number of terminal acetylenes is 1. The van der Waals surface area contributed by atoms with Crippen molar-refractivity contribution in [2.24, 2.45) is 0 Å². The van der Waals surface area contributed by atoms with Gasteiger partial charge in [0.2, 0.25) is 5.91 Å². The summed E-state index contributed by atoms with van der Waals surface area (Å²) in [6, 6.07) is 8.29. The van der Waals surface area contributed by atoms with Gasteiger partial charge >= 0.3 is 0 Å². The van der Waals surface area contributed by atoms with Gasteiger partial charge in [-0.2, -0.15) is 5.26 Å². The number of rotatable bonds is 4. The number of benzene rings is 1. The Bertz CT molecular complexity index is 534. The Labute approximate surface area is 111 Å². The summed E-state index contributed by atoms with van der Waals surface area (Å²) in [6.07, 6.45) is 5.15. The predicted molar refractivity (Wildman–Crippen MR) is 71.1 cm³/mol. The van der Waals surface area contributed by atoms with E-state index in [1.54, 1.807) is 24.3 Å². The summed E-state index contributed by atoms with van der Waals surface area (Å²) in [6.45, 7) is 1.43. The highest BCUT2D eigenvalue weighted by atomic mass is 16.2. The van der Waals surface area contributed by atoms with Crippen LogP contribution in [0.1, 0.15) is 17.3 Å². The van der Waals surface area contributed by atoms with Crippen LogP contribution in [0.2, 0.25) is 0 Å². The lowest BCUT2D eigenvalue weighted by Gasteiger charge is -2.16. The van der Waals surface area contributed by atoms with E-state index >= 15 is 0 Å². The van der Waals surface area contributed by atoms with Crippen LogP contribution in [-0.4, -0.2) is 29.8 Å². The van der Waals surface area contributed by atoms with E-state index < -0.39 is 0 Å². The molecule has 0 saturated heterocycles. The number of hydrogen-bond donors (Lipinski definition) is 1. The maximum Gasteiger partial charge on any atom is 0.255 e. The van der Waals surface area contributed by atoms with Gasteiger partial charge in [0.05, 0.1) is 12.6 Å². The second kappa shape index (κ2) is 6.83. The molecule has 2 amide bonds. The van der Waals surface area contributed by atoms with Gasteiger partial charge in [-0.1, -0.05) is 5.92 Å². The van der Waals surface area contributed by atoms with E-state index in [1.807, 2.05) is 6.07 Å². The number of nitrogens with one attached hydrogen (secondary N) is 1. The highest BCUT2D eigenvalue weighted by Gasteiger charge is 2.14. The van der Waals surface area contributed by atoms with Crippen molar-refractivity contribution in [1.82, 2.24) is 4.90 Å². The molecule has 0 unspecified atom stereocenters. The summed E-state index contributed by atoms with van der Waals surface area (Å²) < 4.78 is 0. The molecule has 0 radical (unpaired) electrons. The molecule has 0 aromatic heterocycles. The molecule has 0 heterocycles. The first-order valence-corrected chi connectivity index (χ1v) is 5.56. The fraction of sp³-hybridized carbons (Fsp3) is 0.214. The minimum Gasteiger partial charge on any atom is -0.326 e. The smallest absolute Gasteiger partial charge is 0.255 e. The van der Waals surface area contributed by atoms with Crippen molar-refractivity contribution in [3.63, 3.8) is 0 Å². The Morgan fingerprint density at radius 1 is 1.32 bits per heavy atom. The van der Waals surface area contributed by atoms with Crippen LogP contribution in [0.5, 0.6) is 0 Å². The van der Waals surface area contributed by atoms with Gasteiger partial charge in [0.1, 0.15) is 6.54 Å². The predicted octanol–water partition coefficient (Wildman–Crippen LogP) is 1.24. The van der Waals surface area contributed by atoms with E-state index in [4.69, 9.17) is 11.7 Å². The van der Waals surface area contributed by atoms with Gasteiger partial charge in [0, 0.05) is 18.2 Å². The fourth-order valence-corrected chi connectivity index (χ4v) is 1.48. The number of nitriles is 1. The summed E-state index contributed by atoms with van der Waals surface area (Å²) in [5.74, 6) is 1.84. The number of anilines is 1.